The Morgan fingerprint density at radius 3 is 2.88 bits per heavy atom. The number of nitrogens with zero attached hydrogens (tertiary/aromatic N) is 2. The summed E-state index contributed by atoms with van der Waals surface area (Å²) >= 11 is 1.73. The number of nitrogens with one attached hydrogen (secondary N) is 1. The predicted octanol–water partition coefficient (Wildman–Crippen LogP) is 2.87. The fourth-order valence-electron chi connectivity index (χ4n) is 1.47. The molecular formula is C12H19N3S. The van der Waals surface area contributed by atoms with E-state index >= 15 is 0 Å². The average Bonchev–Trinajstić information content (AvgIpc) is 2.61. The zero-order valence-electron chi connectivity index (χ0n) is 10.2. The molecule has 0 saturated carbocycles. The molecule has 0 bridgehead atoms. The van der Waals surface area contributed by atoms with Gasteiger partial charge in [-0.1, -0.05) is 13.8 Å². The van der Waals surface area contributed by atoms with Gasteiger partial charge >= 0.3 is 0 Å². The molecule has 1 aromatic heterocycles. The van der Waals surface area contributed by atoms with Crippen molar-refractivity contribution >= 4 is 11.3 Å². The minimum Gasteiger partial charge on any atom is -0.310 e. The predicted molar refractivity (Wildman–Crippen MR) is 67.2 cm³/mol. The largest absolute Gasteiger partial charge is 0.310 e. The molecular weight excluding hydrogens is 218 g/mol. The highest BCUT2D eigenvalue weighted by molar-refractivity contribution is 7.11. The fourth-order valence-corrected chi connectivity index (χ4v) is 2.23. The van der Waals surface area contributed by atoms with Crippen LogP contribution < -0.4 is 5.32 Å². The molecule has 0 unspecified atom stereocenters. The molecule has 4 heteroatoms. The van der Waals surface area contributed by atoms with Gasteiger partial charge in [-0.25, -0.2) is 4.98 Å². The molecule has 1 N–H and O–H groups in total. The van der Waals surface area contributed by atoms with Crippen molar-refractivity contribution in [2.75, 3.05) is 6.54 Å². The highest BCUT2D eigenvalue weighted by Crippen LogP contribution is 2.21. The molecule has 1 heterocycles. The van der Waals surface area contributed by atoms with Crippen molar-refractivity contribution in [2.24, 2.45) is 5.41 Å². The van der Waals surface area contributed by atoms with Crippen LogP contribution in [0.1, 0.15) is 36.6 Å². The third kappa shape index (κ3) is 4.73. The highest BCUT2D eigenvalue weighted by atomic mass is 32.1. The Morgan fingerprint density at radius 1 is 1.56 bits per heavy atom. The molecule has 0 fully saturated rings. The lowest BCUT2D eigenvalue weighted by Crippen LogP contribution is -2.28. The molecule has 0 aliphatic rings. The van der Waals surface area contributed by atoms with Crippen LogP contribution in [0.2, 0.25) is 0 Å². The van der Waals surface area contributed by atoms with E-state index in [2.05, 4.69) is 37.1 Å². The average molecular weight is 237 g/mol. The Bertz CT molecular complexity index is 363. The molecule has 1 rings (SSSR count). The zero-order chi connectivity index (χ0) is 12.0. The summed E-state index contributed by atoms with van der Waals surface area (Å²) in [6.07, 6.45) is 3.47. The lowest BCUT2D eigenvalue weighted by molar-refractivity contribution is 0.317. The van der Waals surface area contributed by atoms with Crippen LogP contribution in [0, 0.1) is 23.7 Å². The SMILES string of the molecule is Cc1cnc(CNCC(C)(C)CCC#N)s1. The number of aryl methyl sites for hydroxylation is 1. The lowest BCUT2D eigenvalue weighted by Gasteiger charge is -2.23. The van der Waals surface area contributed by atoms with Crippen LogP contribution in [-0.2, 0) is 6.54 Å². The van der Waals surface area contributed by atoms with E-state index in [1.165, 1.54) is 4.88 Å². The van der Waals surface area contributed by atoms with E-state index in [-0.39, 0.29) is 5.41 Å². The Balaban J connectivity index is 2.27. The molecule has 1 aromatic rings. The minimum absolute atomic E-state index is 0.183. The summed E-state index contributed by atoms with van der Waals surface area (Å²) in [4.78, 5) is 5.55. The Kier molecular flexibility index (Phi) is 4.91. The summed E-state index contributed by atoms with van der Waals surface area (Å²) in [7, 11) is 0. The first-order chi connectivity index (χ1) is 7.53. The summed E-state index contributed by atoms with van der Waals surface area (Å²) in [6.45, 7) is 8.19. The third-order valence-corrected chi connectivity index (χ3v) is 3.38. The standard InChI is InChI=1S/C12H19N3S/c1-10-7-15-11(16-10)8-14-9-12(2,3)5-4-6-13/h7,14H,4-5,8-9H2,1-3H3. The summed E-state index contributed by atoms with van der Waals surface area (Å²) in [5, 5.41) is 13.1. The highest BCUT2D eigenvalue weighted by Gasteiger charge is 2.16. The quantitative estimate of drug-likeness (QED) is 0.827. The molecule has 3 nitrogen and oxygen atoms in total. The van der Waals surface area contributed by atoms with Crippen molar-refractivity contribution in [3.8, 4) is 6.07 Å². The van der Waals surface area contributed by atoms with Gasteiger partial charge in [0.05, 0.1) is 6.07 Å². The second kappa shape index (κ2) is 5.97. The third-order valence-electron chi connectivity index (χ3n) is 2.46. The Morgan fingerprint density at radius 2 is 2.31 bits per heavy atom. The van der Waals surface area contributed by atoms with Gasteiger partial charge in [0.25, 0.3) is 0 Å². The van der Waals surface area contributed by atoms with Crippen molar-refractivity contribution in [1.82, 2.24) is 10.3 Å². The number of rotatable bonds is 6. The molecule has 0 aromatic carbocycles. The molecule has 0 aliphatic heterocycles. The van der Waals surface area contributed by atoms with Crippen molar-refractivity contribution in [3.05, 3.63) is 16.1 Å². The van der Waals surface area contributed by atoms with Crippen LogP contribution in [0.4, 0.5) is 0 Å². The molecule has 0 radical (unpaired) electrons. The number of hydrogen-bond donors (Lipinski definition) is 1. The van der Waals surface area contributed by atoms with E-state index in [4.69, 9.17) is 5.26 Å². The summed E-state index contributed by atoms with van der Waals surface area (Å²) < 4.78 is 0. The van der Waals surface area contributed by atoms with Crippen molar-refractivity contribution in [1.29, 1.82) is 5.26 Å². The van der Waals surface area contributed by atoms with Crippen molar-refractivity contribution in [2.45, 2.75) is 40.2 Å². The van der Waals surface area contributed by atoms with Crippen LogP contribution in [0.3, 0.4) is 0 Å². The molecule has 0 spiro atoms. The molecule has 0 saturated heterocycles. The van der Waals surface area contributed by atoms with Gasteiger partial charge in [-0.05, 0) is 18.8 Å². The Labute approximate surface area is 102 Å². The first-order valence-electron chi connectivity index (χ1n) is 5.52. The molecule has 88 valence electrons. The zero-order valence-corrected chi connectivity index (χ0v) is 11.0. The minimum atomic E-state index is 0.183. The van der Waals surface area contributed by atoms with Gasteiger partial charge in [0.2, 0.25) is 0 Å². The second-order valence-corrected chi connectivity index (χ2v) is 6.11. The molecule has 0 amide bonds. The van der Waals surface area contributed by atoms with Gasteiger partial charge in [0.1, 0.15) is 5.01 Å². The lowest BCUT2D eigenvalue weighted by atomic mass is 9.88. The number of aromatic nitrogens is 1. The first kappa shape index (κ1) is 13.1. The van der Waals surface area contributed by atoms with Gasteiger partial charge in [0, 0.05) is 30.6 Å². The summed E-state index contributed by atoms with van der Waals surface area (Å²) in [6, 6.07) is 2.20. The topological polar surface area (TPSA) is 48.7 Å². The molecule has 16 heavy (non-hydrogen) atoms. The maximum absolute atomic E-state index is 8.56. The van der Waals surface area contributed by atoms with Gasteiger partial charge in [-0.3, -0.25) is 0 Å². The smallest absolute Gasteiger partial charge is 0.107 e. The van der Waals surface area contributed by atoms with E-state index in [9.17, 15) is 0 Å². The van der Waals surface area contributed by atoms with Gasteiger partial charge < -0.3 is 5.32 Å². The second-order valence-electron chi connectivity index (χ2n) is 4.79. The number of hydrogen-bond acceptors (Lipinski definition) is 4. The van der Waals surface area contributed by atoms with E-state index in [0.717, 1.165) is 24.5 Å². The van der Waals surface area contributed by atoms with Crippen molar-refractivity contribution in [3.63, 3.8) is 0 Å². The summed E-state index contributed by atoms with van der Waals surface area (Å²) in [5.41, 5.74) is 0.183. The van der Waals surface area contributed by atoms with Gasteiger partial charge in [0.15, 0.2) is 0 Å². The van der Waals surface area contributed by atoms with Crippen LogP contribution in [0.5, 0.6) is 0 Å². The molecule has 0 atom stereocenters. The number of nitriles is 1. The van der Waals surface area contributed by atoms with Gasteiger partial charge in [-0.2, -0.15) is 5.26 Å². The van der Waals surface area contributed by atoms with Crippen molar-refractivity contribution < 1.29 is 0 Å². The van der Waals surface area contributed by atoms with Crippen LogP contribution >= 0.6 is 11.3 Å². The Hall–Kier alpha value is -0.920. The van der Waals surface area contributed by atoms with Crippen LogP contribution in [0.15, 0.2) is 6.20 Å². The molecule has 0 aliphatic carbocycles. The first-order valence-corrected chi connectivity index (χ1v) is 6.34. The van der Waals surface area contributed by atoms with Crippen LogP contribution in [0.25, 0.3) is 0 Å². The van der Waals surface area contributed by atoms with E-state index < -0.39 is 0 Å². The van der Waals surface area contributed by atoms with Gasteiger partial charge in [-0.15, -0.1) is 11.3 Å². The monoisotopic (exact) mass is 237 g/mol. The maximum Gasteiger partial charge on any atom is 0.107 e. The summed E-state index contributed by atoms with van der Waals surface area (Å²) in [5.74, 6) is 0. The van der Waals surface area contributed by atoms with E-state index in [1.807, 2.05) is 6.20 Å². The van der Waals surface area contributed by atoms with Crippen LogP contribution in [-0.4, -0.2) is 11.5 Å². The number of thiazole rings is 1. The van der Waals surface area contributed by atoms with E-state index in [1.54, 1.807) is 11.3 Å². The maximum atomic E-state index is 8.56. The normalized spacial score (nSPS) is 11.4. The fraction of sp³-hybridized carbons (Fsp3) is 0.667. The van der Waals surface area contributed by atoms with E-state index in [0.29, 0.717) is 6.42 Å².